The van der Waals surface area contributed by atoms with E-state index in [1.54, 1.807) is 34.0 Å². The quantitative estimate of drug-likeness (QED) is 0.125. The van der Waals surface area contributed by atoms with Crippen molar-refractivity contribution in [3.8, 4) is 45.6 Å². The number of hydrogen-bond acceptors (Lipinski definition) is 8. The summed E-state index contributed by atoms with van der Waals surface area (Å²) in [5, 5.41) is 1.75. The van der Waals surface area contributed by atoms with E-state index in [9.17, 15) is 0 Å². The van der Waals surface area contributed by atoms with Crippen LogP contribution in [0.15, 0.2) is 132 Å². The third-order valence-electron chi connectivity index (χ3n) is 5.54. The van der Waals surface area contributed by atoms with Crippen LogP contribution in [-0.4, -0.2) is 34.2 Å². The Morgan fingerprint density at radius 3 is 1.05 bits per heavy atom. The average molecular weight is 648 g/mol. The van der Waals surface area contributed by atoms with Gasteiger partial charge < -0.3 is 0 Å². The molecule has 11 heteroatoms. The molecule has 0 saturated carbocycles. The lowest BCUT2D eigenvalue weighted by molar-refractivity contribution is 1.12. The summed E-state index contributed by atoms with van der Waals surface area (Å²) in [5.41, 5.74) is 6.54. The molecule has 0 radical (unpaired) electrons. The van der Waals surface area contributed by atoms with Crippen LogP contribution < -0.4 is 0 Å². The van der Waals surface area contributed by atoms with Crippen molar-refractivity contribution in [3.05, 3.63) is 122 Å². The van der Waals surface area contributed by atoms with Gasteiger partial charge in [0.2, 0.25) is 0 Å². The fraction of sp³-hybridized carbons (Fsp3) is 0.0323. The van der Waals surface area contributed by atoms with Gasteiger partial charge >= 0.3 is 0 Å². The molecule has 0 aliphatic heterocycles. The highest BCUT2D eigenvalue weighted by Gasteiger charge is 2.09. The molecule has 6 rings (SSSR count). The Bertz CT molecular complexity index is 1620. The zero-order chi connectivity index (χ0) is 29.1. The summed E-state index contributed by atoms with van der Waals surface area (Å²) < 4.78 is -0.750. The normalized spacial score (nSPS) is 10.7. The van der Waals surface area contributed by atoms with Crippen LogP contribution in [0.2, 0.25) is 0 Å². The van der Waals surface area contributed by atoms with Crippen molar-refractivity contribution < 1.29 is 0 Å². The fourth-order valence-electron chi connectivity index (χ4n) is 3.76. The molecule has 0 unspecified atom stereocenters. The monoisotopic (exact) mass is 646 g/mol. The van der Waals surface area contributed by atoms with Crippen LogP contribution in [0, 0.1) is 0 Å². The first-order valence-corrected chi connectivity index (χ1v) is 16.0. The number of pyridine rings is 6. The average Bonchev–Trinajstić information content (AvgIpc) is 3.05. The van der Waals surface area contributed by atoms with Crippen molar-refractivity contribution in [2.75, 3.05) is 0 Å². The lowest BCUT2D eigenvalue weighted by Crippen LogP contribution is -1.92. The van der Waals surface area contributed by atoms with Crippen molar-refractivity contribution in [1.82, 2.24) is 29.9 Å². The number of alkyl halides is 3. The van der Waals surface area contributed by atoms with E-state index in [2.05, 4.69) is 9.97 Å². The van der Waals surface area contributed by atoms with Gasteiger partial charge in [-0.2, -0.15) is 0 Å². The predicted octanol–water partition coefficient (Wildman–Crippen LogP) is 9.51. The molecular formula is C31H21Cl3N6S2. The van der Waals surface area contributed by atoms with Crippen LogP contribution in [-0.2, 0) is 0 Å². The van der Waals surface area contributed by atoms with E-state index in [1.807, 2.05) is 109 Å². The number of aromatic nitrogens is 6. The van der Waals surface area contributed by atoms with Crippen LogP contribution in [0.3, 0.4) is 0 Å². The SMILES string of the molecule is ClC(Cl)Cl.c1ccc(-c2cccc(-c3cccc(SSc4cccc(-c5cccc(-c6ccccn6)n5)n4)n3)n2)nc1. The molecule has 0 aliphatic rings. The molecule has 0 amide bonds. The molecule has 6 heterocycles. The Hall–Kier alpha value is -3.53. The summed E-state index contributed by atoms with van der Waals surface area (Å²) in [5.74, 6) is 0. The zero-order valence-corrected chi connectivity index (χ0v) is 25.7. The van der Waals surface area contributed by atoms with Crippen LogP contribution in [0.5, 0.6) is 0 Å². The van der Waals surface area contributed by atoms with Gasteiger partial charge in [-0.15, -0.1) is 0 Å². The first-order valence-electron chi connectivity index (χ1n) is 12.5. The van der Waals surface area contributed by atoms with E-state index in [-0.39, 0.29) is 0 Å². The van der Waals surface area contributed by atoms with Crippen LogP contribution in [0.25, 0.3) is 45.6 Å². The molecule has 6 aromatic rings. The molecule has 208 valence electrons. The summed E-state index contributed by atoms with van der Waals surface area (Å²) in [6.45, 7) is 0. The van der Waals surface area contributed by atoms with E-state index in [0.717, 1.165) is 55.6 Å². The molecular weight excluding hydrogens is 627 g/mol. The maximum absolute atomic E-state index is 4.83. The van der Waals surface area contributed by atoms with Crippen molar-refractivity contribution in [1.29, 1.82) is 0 Å². The maximum Gasteiger partial charge on any atom is 0.180 e. The van der Waals surface area contributed by atoms with Crippen LogP contribution >= 0.6 is 56.4 Å². The summed E-state index contributed by atoms with van der Waals surface area (Å²) in [7, 11) is 3.12. The highest BCUT2D eigenvalue weighted by Crippen LogP contribution is 2.37. The molecule has 0 bridgehead atoms. The van der Waals surface area contributed by atoms with Crippen molar-refractivity contribution in [3.63, 3.8) is 0 Å². The summed E-state index contributed by atoms with van der Waals surface area (Å²) >= 11 is 14.4. The van der Waals surface area contributed by atoms with E-state index in [1.165, 1.54) is 0 Å². The molecule has 0 aromatic carbocycles. The second-order valence-electron chi connectivity index (χ2n) is 8.38. The van der Waals surface area contributed by atoms with Gasteiger partial charge in [0.05, 0.1) is 45.6 Å². The Labute approximate surface area is 266 Å². The predicted molar refractivity (Wildman–Crippen MR) is 174 cm³/mol. The number of nitrogens with zero attached hydrogens (tertiary/aromatic N) is 6. The molecule has 0 aliphatic carbocycles. The summed E-state index contributed by atoms with van der Waals surface area (Å²) in [6.07, 6.45) is 3.54. The first kappa shape index (κ1) is 29.9. The second-order valence-corrected chi connectivity index (χ2v) is 12.5. The van der Waals surface area contributed by atoms with Gasteiger partial charge in [-0.3, -0.25) is 9.97 Å². The minimum Gasteiger partial charge on any atom is -0.255 e. The third-order valence-corrected chi connectivity index (χ3v) is 7.69. The van der Waals surface area contributed by atoms with Gasteiger partial charge in [-0.25, -0.2) is 19.9 Å². The largest absolute Gasteiger partial charge is 0.255 e. The van der Waals surface area contributed by atoms with Crippen LogP contribution in [0.4, 0.5) is 0 Å². The van der Waals surface area contributed by atoms with Gasteiger partial charge in [-0.1, -0.05) is 71.2 Å². The minimum absolute atomic E-state index is 0.750. The molecule has 0 atom stereocenters. The van der Waals surface area contributed by atoms with E-state index < -0.39 is 4.30 Å². The summed E-state index contributed by atoms with van der Waals surface area (Å²) in [6, 6.07) is 35.3. The number of hydrogen-bond donors (Lipinski definition) is 0. The Kier molecular flexibility index (Phi) is 10.8. The van der Waals surface area contributed by atoms with Crippen molar-refractivity contribution >= 4 is 56.4 Å². The Morgan fingerprint density at radius 1 is 0.381 bits per heavy atom. The zero-order valence-electron chi connectivity index (χ0n) is 21.8. The van der Waals surface area contributed by atoms with Gasteiger partial charge in [0, 0.05) is 12.4 Å². The minimum atomic E-state index is -0.750. The van der Waals surface area contributed by atoms with Gasteiger partial charge in [0.15, 0.2) is 4.30 Å². The first-order chi connectivity index (χ1) is 20.5. The van der Waals surface area contributed by atoms with Gasteiger partial charge in [0.1, 0.15) is 10.1 Å². The van der Waals surface area contributed by atoms with E-state index >= 15 is 0 Å². The van der Waals surface area contributed by atoms with Crippen LogP contribution in [0.1, 0.15) is 0 Å². The topological polar surface area (TPSA) is 77.3 Å². The molecule has 6 aromatic heterocycles. The highest BCUT2D eigenvalue weighted by atomic mass is 35.6. The molecule has 42 heavy (non-hydrogen) atoms. The standard InChI is InChI=1S/C30H20N6S2.CHCl3/c1-3-19-31-21(9-1)23-11-5-13-25(33-23)27-15-7-17-29(35-27)37-38-30-18-8-16-28(36-30)26-14-6-12-24(34-26)22-10-2-4-20-32-22;2-1(3)4/h1-20H;1H. The Morgan fingerprint density at radius 2 is 0.690 bits per heavy atom. The number of halogens is 3. The molecule has 6 nitrogen and oxygen atoms in total. The summed E-state index contributed by atoms with van der Waals surface area (Å²) in [4.78, 5) is 28.0. The lowest BCUT2D eigenvalue weighted by atomic mass is 10.2. The molecule has 0 spiro atoms. The molecule has 0 N–H and O–H groups in total. The van der Waals surface area contributed by atoms with Crippen molar-refractivity contribution in [2.24, 2.45) is 0 Å². The smallest absolute Gasteiger partial charge is 0.180 e. The van der Waals surface area contributed by atoms with E-state index in [4.69, 9.17) is 54.7 Å². The molecule has 0 fully saturated rings. The van der Waals surface area contributed by atoms with Gasteiger partial charge in [-0.05, 0) is 94.4 Å². The van der Waals surface area contributed by atoms with Crippen molar-refractivity contribution in [2.45, 2.75) is 14.3 Å². The number of rotatable bonds is 7. The second kappa shape index (κ2) is 15.1. The van der Waals surface area contributed by atoms with Gasteiger partial charge in [0.25, 0.3) is 0 Å². The highest BCUT2D eigenvalue weighted by molar-refractivity contribution is 8.76. The third kappa shape index (κ3) is 8.50. The Balaban J connectivity index is 0.000000830. The maximum atomic E-state index is 4.83. The fourth-order valence-corrected chi connectivity index (χ4v) is 5.54. The molecule has 0 saturated heterocycles. The lowest BCUT2D eigenvalue weighted by Gasteiger charge is -2.07. The van der Waals surface area contributed by atoms with E-state index in [0.29, 0.717) is 0 Å².